The number of aliphatic hydroxyl groups excluding tert-OH is 1. The summed E-state index contributed by atoms with van der Waals surface area (Å²) in [6.07, 6.45) is 4.67. The Balaban J connectivity index is 2.06. The van der Waals surface area contributed by atoms with E-state index < -0.39 is 6.10 Å². The predicted octanol–water partition coefficient (Wildman–Crippen LogP) is 0.180. The third kappa shape index (κ3) is 2.06. The van der Waals surface area contributed by atoms with Gasteiger partial charge in [0.15, 0.2) is 5.69 Å². The average molecular weight is 224 g/mol. The van der Waals surface area contributed by atoms with Crippen molar-refractivity contribution in [2.45, 2.75) is 37.8 Å². The van der Waals surface area contributed by atoms with Crippen molar-refractivity contribution in [3.05, 3.63) is 11.9 Å². The van der Waals surface area contributed by atoms with Crippen molar-refractivity contribution in [3.63, 3.8) is 0 Å². The van der Waals surface area contributed by atoms with Gasteiger partial charge in [0.05, 0.1) is 18.3 Å². The molecule has 1 fully saturated rings. The molecule has 0 aromatic carbocycles. The number of hydrogen-bond donors (Lipinski definition) is 2. The highest BCUT2D eigenvalue weighted by Gasteiger charge is 2.30. The molecule has 0 unspecified atom stereocenters. The van der Waals surface area contributed by atoms with E-state index in [4.69, 9.17) is 0 Å². The second-order valence-corrected chi connectivity index (χ2v) is 4.19. The molecule has 1 heterocycles. The highest BCUT2D eigenvalue weighted by atomic mass is 16.3. The summed E-state index contributed by atoms with van der Waals surface area (Å²) >= 11 is 0. The number of hydrogen-bond acceptors (Lipinski definition) is 4. The van der Waals surface area contributed by atoms with E-state index in [9.17, 15) is 9.90 Å². The summed E-state index contributed by atoms with van der Waals surface area (Å²) in [5.74, 6) is -0.195. The first-order chi connectivity index (χ1) is 7.70. The number of nitrogens with zero attached hydrogens (tertiary/aromatic N) is 3. The zero-order chi connectivity index (χ0) is 11.5. The molecule has 1 aliphatic rings. The molecule has 0 saturated heterocycles. The smallest absolute Gasteiger partial charge is 0.276 e. The molecule has 0 aliphatic heterocycles. The largest absolute Gasteiger partial charge is 0.391 e. The van der Waals surface area contributed by atoms with Crippen molar-refractivity contribution in [1.29, 1.82) is 0 Å². The van der Waals surface area contributed by atoms with Crippen LogP contribution in [0.4, 0.5) is 0 Å². The van der Waals surface area contributed by atoms with Crippen LogP contribution in [0, 0.1) is 0 Å². The van der Waals surface area contributed by atoms with Gasteiger partial charge in [-0.1, -0.05) is 12.8 Å². The topological polar surface area (TPSA) is 82.1 Å². The van der Waals surface area contributed by atoms with Crippen LogP contribution in [0.2, 0.25) is 0 Å². The Morgan fingerprint density at radius 2 is 2.31 bits per heavy atom. The minimum absolute atomic E-state index is 0.0991. The summed E-state index contributed by atoms with van der Waals surface area (Å²) in [6.45, 7) is 0. The number of carbonyl (C=O) groups is 1. The fourth-order valence-electron chi connectivity index (χ4n) is 2.18. The van der Waals surface area contributed by atoms with Gasteiger partial charge < -0.3 is 10.0 Å². The highest BCUT2D eigenvalue weighted by molar-refractivity contribution is 5.91. The Kier molecular flexibility index (Phi) is 3.19. The van der Waals surface area contributed by atoms with Crippen LogP contribution < -0.4 is 0 Å². The molecule has 1 saturated carbocycles. The monoisotopic (exact) mass is 224 g/mol. The van der Waals surface area contributed by atoms with Crippen LogP contribution in [0.15, 0.2) is 6.20 Å². The molecule has 2 rings (SSSR count). The molecule has 2 N–H and O–H groups in total. The van der Waals surface area contributed by atoms with Gasteiger partial charge >= 0.3 is 0 Å². The number of likely N-dealkylation sites (N-methyl/N-ethyl adjacent to an activating group) is 1. The zero-order valence-corrected chi connectivity index (χ0v) is 9.26. The summed E-state index contributed by atoms with van der Waals surface area (Å²) in [5.41, 5.74) is 0.292. The van der Waals surface area contributed by atoms with E-state index in [1.54, 1.807) is 11.9 Å². The lowest BCUT2D eigenvalue weighted by Gasteiger charge is -2.34. The third-order valence-corrected chi connectivity index (χ3v) is 3.15. The van der Waals surface area contributed by atoms with Gasteiger partial charge in [-0.3, -0.25) is 4.79 Å². The van der Waals surface area contributed by atoms with Gasteiger partial charge in [-0.15, -0.1) is 0 Å². The number of amides is 1. The second-order valence-electron chi connectivity index (χ2n) is 4.19. The van der Waals surface area contributed by atoms with E-state index >= 15 is 0 Å². The molecule has 0 radical (unpaired) electrons. The molecule has 2 atom stereocenters. The average Bonchev–Trinajstić information content (AvgIpc) is 2.81. The summed E-state index contributed by atoms with van der Waals surface area (Å²) in [7, 11) is 1.70. The van der Waals surface area contributed by atoms with Crippen molar-refractivity contribution >= 4 is 5.91 Å². The maximum atomic E-state index is 11.9. The third-order valence-electron chi connectivity index (χ3n) is 3.15. The molecule has 0 bridgehead atoms. The standard InChI is InChI=1S/C10H16N4O2/c1-14(8-4-2-3-5-9(8)15)10(16)7-6-11-13-12-7/h6,8-9,15H,2-5H2,1H3,(H,11,12,13)/t8-,9-/m1/s1. The van der Waals surface area contributed by atoms with Gasteiger partial charge in [-0.2, -0.15) is 15.4 Å². The van der Waals surface area contributed by atoms with E-state index in [0.717, 1.165) is 25.7 Å². The minimum atomic E-state index is -0.422. The number of aromatic amines is 1. The second kappa shape index (κ2) is 4.61. The van der Waals surface area contributed by atoms with E-state index in [2.05, 4.69) is 15.4 Å². The Morgan fingerprint density at radius 3 is 2.94 bits per heavy atom. The summed E-state index contributed by atoms with van der Waals surface area (Å²) in [6, 6.07) is -0.0991. The maximum Gasteiger partial charge on any atom is 0.276 e. The van der Waals surface area contributed by atoms with Gasteiger partial charge in [0.25, 0.3) is 5.91 Å². The fourth-order valence-corrected chi connectivity index (χ4v) is 2.18. The van der Waals surface area contributed by atoms with Gasteiger partial charge in [0.1, 0.15) is 0 Å². The molecule has 1 aromatic heterocycles. The van der Waals surface area contributed by atoms with Crippen LogP contribution in [0.1, 0.15) is 36.2 Å². The number of nitrogens with one attached hydrogen (secondary N) is 1. The number of aromatic nitrogens is 3. The molecule has 6 nitrogen and oxygen atoms in total. The van der Waals surface area contributed by atoms with E-state index in [1.165, 1.54) is 6.20 Å². The first-order valence-electron chi connectivity index (χ1n) is 5.51. The summed E-state index contributed by atoms with van der Waals surface area (Å²) < 4.78 is 0. The molecular formula is C10H16N4O2. The number of H-pyrrole nitrogens is 1. The molecule has 16 heavy (non-hydrogen) atoms. The minimum Gasteiger partial charge on any atom is -0.391 e. The SMILES string of the molecule is CN(C(=O)c1cn[nH]n1)[C@@H]1CCCC[C@H]1O. The van der Waals surface area contributed by atoms with Gasteiger partial charge in [-0.05, 0) is 12.8 Å². The fraction of sp³-hybridized carbons (Fsp3) is 0.700. The summed E-state index contributed by atoms with van der Waals surface area (Å²) in [4.78, 5) is 13.5. The first kappa shape index (κ1) is 11.1. The van der Waals surface area contributed by atoms with Crippen LogP contribution in [0.25, 0.3) is 0 Å². The Hall–Kier alpha value is -1.43. The number of aliphatic hydroxyl groups is 1. The van der Waals surface area contributed by atoms with Crippen molar-refractivity contribution < 1.29 is 9.90 Å². The van der Waals surface area contributed by atoms with Crippen molar-refractivity contribution in [2.24, 2.45) is 0 Å². The zero-order valence-electron chi connectivity index (χ0n) is 9.26. The molecule has 1 aromatic rings. The van der Waals surface area contributed by atoms with Gasteiger partial charge in [0.2, 0.25) is 0 Å². The number of rotatable bonds is 2. The van der Waals surface area contributed by atoms with Crippen molar-refractivity contribution in [1.82, 2.24) is 20.3 Å². The molecule has 0 spiro atoms. The van der Waals surface area contributed by atoms with Crippen molar-refractivity contribution in [3.8, 4) is 0 Å². The quantitative estimate of drug-likeness (QED) is 0.750. The Labute approximate surface area is 93.6 Å². The lowest BCUT2D eigenvalue weighted by molar-refractivity contribution is 0.0264. The Bertz CT molecular complexity index is 352. The van der Waals surface area contributed by atoms with Gasteiger partial charge in [0, 0.05) is 7.05 Å². The normalized spacial score (nSPS) is 25.4. The number of carbonyl (C=O) groups excluding carboxylic acids is 1. The summed E-state index contributed by atoms with van der Waals surface area (Å²) in [5, 5.41) is 19.6. The van der Waals surface area contributed by atoms with Crippen LogP contribution in [-0.2, 0) is 0 Å². The Morgan fingerprint density at radius 1 is 1.56 bits per heavy atom. The van der Waals surface area contributed by atoms with Crippen LogP contribution >= 0.6 is 0 Å². The molecule has 1 amide bonds. The van der Waals surface area contributed by atoms with Crippen LogP contribution in [0.5, 0.6) is 0 Å². The van der Waals surface area contributed by atoms with E-state index in [0.29, 0.717) is 5.69 Å². The maximum absolute atomic E-state index is 11.9. The lowest BCUT2D eigenvalue weighted by Crippen LogP contribution is -2.46. The van der Waals surface area contributed by atoms with E-state index in [1.807, 2.05) is 0 Å². The van der Waals surface area contributed by atoms with Crippen molar-refractivity contribution in [2.75, 3.05) is 7.05 Å². The van der Waals surface area contributed by atoms with Crippen LogP contribution in [0.3, 0.4) is 0 Å². The first-order valence-corrected chi connectivity index (χ1v) is 5.51. The molecular weight excluding hydrogens is 208 g/mol. The van der Waals surface area contributed by atoms with E-state index in [-0.39, 0.29) is 11.9 Å². The predicted molar refractivity (Wildman–Crippen MR) is 56.7 cm³/mol. The van der Waals surface area contributed by atoms with Gasteiger partial charge in [-0.25, -0.2) is 0 Å². The molecule has 1 aliphatic carbocycles. The molecule has 6 heteroatoms. The lowest BCUT2D eigenvalue weighted by atomic mass is 9.91. The molecule has 88 valence electrons. The van der Waals surface area contributed by atoms with Crippen LogP contribution in [-0.4, -0.2) is 50.5 Å². The highest BCUT2D eigenvalue weighted by Crippen LogP contribution is 2.23.